The summed E-state index contributed by atoms with van der Waals surface area (Å²) in [6.45, 7) is 0.333. The van der Waals surface area contributed by atoms with Crippen molar-refractivity contribution >= 4 is 27.3 Å². The van der Waals surface area contributed by atoms with Crippen LogP contribution in [0.1, 0.15) is 0 Å². The number of benzene rings is 1. The molecule has 0 atom stereocenters. The summed E-state index contributed by atoms with van der Waals surface area (Å²) in [4.78, 5) is 9.70. The number of non-ortho nitro benzene ring substituents is 1. The van der Waals surface area contributed by atoms with E-state index >= 15 is 0 Å². The van der Waals surface area contributed by atoms with E-state index in [1.54, 1.807) is 0 Å². The largest absolute Gasteiger partial charge is 0.383 e. The maximum Gasteiger partial charge on any atom is 0.270 e. The molecule has 0 aliphatic heterocycles. The van der Waals surface area contributed by atoms with E-state index in [1.165, 1.54) is 20.2 Å². The molecule has 9 heteroatoms. The predicted octanol–water partition coefficient (Wildman–Crippen LogP) is 1.52. The third kappa shape index (κ3) is 3.63. The fourth-order valence-corrected chi connectivity index (χ4v) is 2.96. The fraction of sp³-hybridized carbons (Fsp3) is 0.400. The van der Waals surface area contributed by atoms with Crippen molar-refractivity contribution in [3.05, 3.63) is 33.3 Å². The first-order valence-corrected chi connectivity index (χ1v) is 7.01. The number of nitro benzene ring substituents is 1. The highest BCUT2D eigenvalue weighted by Gasteiger charge is 2.25. The first kappa shape index (κ1) is 15.8. The van der Waals surface area contributed by atoms with Crippen molar-refractivity contribution in [3.8, 4) is 0 Å². The van der Waals surface area contributed by atoms with E-state index < -0.39 is 14.9 Å². The third-order valence-corrected chi connectivity index (χ3v) is 4.76. The predicted molar refractivity (Wildman–Crippen MR) is 69.8 cm³/mol. The van der Waals surface area contributed by atoms with E-state index in [0.717, 1.165) is 16.4 Å². The highest BCUT2D eigenvalue weighted by molar-refractivity contribution is 7.89. The van der Waals surface area contributed by atoms with Crippen molar-refractivity contribution in [1.29, 1.82) is 0 Å². The Kier molecular flexibility index (Phi) is 5.24. The van der Waals surface area contributed by atoms with Gasteiger partial charge in [0.2, 0.25) is 10.0 Å². The minimum Gasteiger partial charge on any atom is -0.383 e. The molecule has 106 valence electrons. The molecule has 0 aliphatic rings. The lowest BCUT2D eigenvalue weighted by molar-refractivity contribution is -0.385. The minimum absolute atomic E-state index is 0.0603. The number of nitro groups is 1. The number of likely N-dealkylation sites (N-methyl/N-ethyl adjacent to an activating group) is 1. The molecule has 0 saturated carbocycles. The topological polar surface area (TPSA) is 89.8 Å². The summed E-state index contributed by atoms with van der Waals surface area (Å²) in [5, 5.41) is 10.6. The number of sulfonamides is 1. The van der Waals surface area contributed by atoms with Gasteiger partial charge in [-0.25, -0.2) is 8.42 Å². The molecule has 0 aromatic heterocycles. The van der Waals surface area contributed by atoms with Crippen molar-refractivity contribution in [2.24, 2.45) is 0 Å². The van der Waals surface area contributed by atoms with Crippen LogP contribution in [-0.2, 0) is 14.8 Å². The average molecular weight is 309 g/mol. The molecule has 1 rings (SSSR count). The Morgan fingerprint density at radius 2 is 2.11 bits per heavy atom. The van der Waals surface area contributed by atoms with Crippen LogP contribution in [0.5, 0.6) is 0 Å². The van der Waals surface area contributed by atoms with Crippen LogP contribution in [0.25, 0.3) is 0 Å². The number of rotatable bonds is 6. The lowest BCUT2D eigenvalue weighted by Gasteiger charge is -2.17. The van der Waals surface area contributed by atoms with Gasteiger partial charge in [-0.1, -0.05) is 11.6 Å². The zero-order valence-corrected chi connectivity index (χ0v) is 11.9. The molecule has 0 spiro atoms. The molecule has 0 heterocycles. The zero-order chi connectivity index (χ0) is 14.6. The van der Waals surface area contributed by atoms with E-state index in [0.29, 0.717) is 0 Å². The van der Waals surface area contributed by atoms with Gasteiger partial charge < -0.3 is 4.74 Å². The maximum atomic E-state index is 12.2. The molecule has 1 aromatic rings. The number of hydrogen-bond acceptors (Lipinski definition) is 5. The van der Waals surface area contributed by atoms with E-state index in [-0.39, 0.29) is 28.8 Å². The lowest BCUT2D eigenvalue weighted by Crippen LogP contribution is -2.30. The minimum atomic E-state index is -3.88. The van der Waals surface area contributed by atoms with Crippen LogP contribution in [0, 0.1) is 10.1 Å². The summed E-state index contributed by atoms with van der Waals surface area (Å²) in [5.74, 6) is 0. The molecule has 0 fully saturated rings. The smallest absolute Gasteiger partial charge is 0.270 e. The van der Waals surface area contributed by atoms with Crippen molar-refractivity contribution < 1.29 is 18.1 Å². The molecule has 0 radical (unpaired) electrons. The first-order valence-electron chi connectivity index (χ1n) is 5.20. The van der Waals surface area contributed by atoms with Crippen LogP contribution in [0.4, 0.5) is 5.69 Å². The van der Waals surface area contributed by atoms with Crippen LogP contribution >= 0.6 is 11.6 Å². The van der Waals surface area contributed by atoms with Crippen LogP contribution in [0.3, 0.4) is 0 Å². The van der Waals surface area contributed by atoms with Crippen molar-refractivity contribution in [2.45, 2.75) is 4.90 Å². The molecule has 0 unspecified atom stereocenters. The van der Waals surface area contributed by atoms with Gasteiger partial charge >= 0.3 is 0 Å². The number of halogens is 1. The van der Waals surface area contributed by atoms with Gasteiger partial charge in [-0.15, -0.1) is 0 Å². The molecule has 0 amide bonds. The molecule has 0 bridgehead atoms. The van der Waals surface area contributed by atoms with Crippen LogP contribution in [0.2, 0.25) is 5.02 Å². The fourth-order valence-electron chi connectivity index (χ4n) is 1.31. The number of nitrogens with zero attached hydrogens (tertiary/aromatic N) is 2. The Bertz CT molecular complexity index is 575. The van der Waals surface area contributed by atoms with E-state index in [9.17, 15) is 18.5 Å². The normalized spacial score (nSPS) is 11.8. The zero-order valence-electron chi connectivity index (χ0n) is 10.4. The summed E-state index contributed by atoms with van der Waals surface area (Å²) >= 11 is 5.80. The average Bonchev–Trinajstić information content (AvgIpc) is 2.35. The quantitative estimate of drug-likeness (QED) is 0.587. The van der Waals surface area contributed by atoms with Crippen LogP contribution in [-0.4, -0.2) is 45.0 Å². The molecule has 19 heavy (non-hydrogen) atoms. The monoisotopic (exact) mass is 308 g/mol. The SMILES string of the molecule is COCCN(C)S(=O)(=O)c1cc([N+](=O)[O-])ccc1Cl. The van der Waals surface area contributed by atoms with Gasteiger partial charge in [-0.3, -0.25) is 10.1 Å². The highest BCUT2D eigenvalue weighted by Crippen LogP contribution is 2.28. The van der Waals surface area contributed by atoms with Gasteiger partial charge in [-0.2, -0.15) is 4.31 Å². The molecular weight excluding hydrogens is 296 g/mol. The van der Waals surface area contributed by atoms with Gasteiger partial charge in [-0.05, 0) is 6.07 Å². The van der Waals surface area contributed by atoms with Crippen molar-refractivity contribution in [2.75, 3.05) is 27.3 Å². The molecule has 0 N–H and O–H groups in total. The summed E-state index contributed by atoms with van der Waals surface area (Å²) in [6.07, 6.45) is 0. The second-order valence-corrected chi connectivity index (χ2v) is 6.11. The van der Waals surface area contributed by atoms with E-state index in [1.807, 2.05) is 0 Å². The number of methoxy groups -OCH3 is 1. The Labute approximate surface area is 115 Å². The van der Waals surface area contributed by atoms with Crippen LogP contribution < -0.4 is 0 Å². The summed E-state index contributed by atoms with van der Waals surface area (Å²) in [7, 11) is -1.09. The first-order chi connectivity index (χ1) is 8.80. The second-order valence-electron chi connectivity index (χ2n) is 3.69. The van der Waals surface area contributed by atoms with Gasteiger partial charge in [0.1, 0.15) is 4.90 Å². The Morgan fingerprint density at radius 3 is 2.63 bits per heavy atom. The number of ether oxygens (including phenoxy) is 1. The van der Waals surface area contributed by atoms with Gasteiger partial charge in [0.05, 0.1) is 16.6 Å². The van der Waals surface area contributed by atoms with E-state index in [2.05, 4.69) is 0 Å². The molecular formula is C10H13ClN2O5S. The molecule has 1 aromatic carbocycles. The van der Waals surface area contributed by atoms with Gasteiger partial charge in [0.15, 0.2) is 0 Å². The summed E-state index contributed by atoms with van der Waals surface area (Å²) in [6, 6.07) is 3.29. The highest BCUT2D eigenvalue weighted by atomic mass is 35.5. The standard InChI is InChI=1S/C10H13ClN2O5S/c1-12(5-6-18-2)19(16,17)10-7-8(13(14)15)3-4-9(10)11/h3-4,7H,5-6H2,1-2H3. The Hall–Kier alpha value is -1.22. The van der Waals surface area contributed by atoms with Crippen LogP contribution in [0.15, 0.2) is 23.1 Å². The van der Waals surface area contributed by atoms with Crippen molar-refractivity contribution in [1.82, 2.24) is 4.31 Å². The Balaban J connectivity index is 3.20. The summed E-state index contributed by atoms with van der Waals surface area (Å²) in [5.41, 5.74) is -0.330. The second kappa shape index (κ2) is 6.29. The maximum absolute atomic E-state index is 12.2. The molecule has 0 aliphatic carbocycles. The van der Waals surface area contributed by atoms with Crippen molar-refractivity contribution in [3.63, 3.8) is 0 Å². The number of hydrogen-bond donors (Lipinski definition) is 0. The summed E-state index contributed by atoms with van der Waals surface area (Å²) < 4.78 is 30.2. The van der Waals surface area contributed by atoms with Gasteiger partial charge in [0, 0.05) is 32.8 Å². The van der Waals surface area contributed by atoms with E-state index in [4.69, 9.17) is 16.3 Å². The Morgan fingerprint density at radius 1 is 1.47 bits per heavy atom. The third-order valence-electron chi connectivity index (χ3n) is 2.42. The molecule has 0 saturated heterocycles. The molecule has 7 nitrogen and oxygen atoms in total. The lowest BCUT2D eigenvalue weighted by atomic mass is 10.3. The van der Waals surface area contributed by atoms with Gasteiger partial charge in [0.25, 0.3) is 5.69 Å².